The van der Waals surface area contributed by atoms with Gasteiger partial charge in [0.15, 0.2) is 0 Å². The summed E-state index contributed by atoms with van der Waals surface area (Å²) in [5.41, 5.74) is 2.05. The Labute approximate surface area is 148 Å². The number of benzene rings is 1. The lowest BCUT2D eigenvalue weighted by atomic mass is 9.96. The first kappa shape index (κ1) is 17.4. The summed E-state index contributed by atoms with van der Waals surface area (Å²) in [5, 5.41) is 0. The highest BCUT2D eigenvalue weighted by Gasteiger charge is 2.32. The zero-order valence-electron chi connectivity index (χ0n) is 14.7. The molecule has 2 atom stereocenters. The van der Waals surface area contributed by atoms with Gasteiger partial charge in [-0.3, -0.25) is 9.78 Å². The second-order valence-corrected chi connectivity index (χ2v) is 6.15. The number of pyridine rings is 1. The summed E-state index contributed by atoms with van der Waals surface area (Å²) in [5.74, 6) is 0.884. The van der Waals surface area contributed by atoms with Crippen LogP contribution in [0.2, 0.25) is 0 Å². The van der Waals surface area contributed by atoms with Crippen LogP contribution >= 0.6 is 0 Å². The molecule has 1 aromatic heterocycles. The molecule has 1 aromatic carbocycles. The maximum absolute atomic E-state index is 13.1. The quantitative estimate of drug-likeness (QED) is 0.811. The highest BCUT2D eigenvalue weighted by Crippen LogP contribution is 2.31. The lowest BCUT2D eigenvalue weighted by Gasteiger charge is -2.33. The first-order chi connectivity index (χ1) is 12.2. The standard InChI is InChI=1S/C20H24N2O3/c1-3-22(20(23)17-10-12-25-14-17)19(16-5-4-11-21-13-16)15-6-8-18(24-2)9-7-15/h4-9,11,13,17,19H,3,10,12,14H2,1-2H3/t17-,19+/m0/s1. The Morgan fingerprint density at radius 3 is 2.68 bits per heavy atom. The molecule has 0 unspecified atom stereocenters. The van der Waals surface area contributed by atoms with Crippen molar-refractivity contribution >= 4 is 5.91 Å². The Balaban J connectivity index is 1.98. The summed E-state index contributed by atoms with van der Waals surface area (Å²) in [7, 11) is 1.65. The molecule has 0 saturated carbocycles. The van der Waals surface area contributed by atoms with Crippen LogP contribution in [0.15, 0.2) is 48.8 Å². The normalized spacial score (nSPS) is 17.9. The van der Waals surface area contributed by atoms with Crippen molar-refractivity contribution in [3.63, 3.8) is 0 Å². The van der Waals surface area contributed by atoms with Crippen LogP contribution in [0.1, 0.15) is 30.5 Å². The number of hydrogen-bond donors (Lipinski definition) is 0. The van der Waals surface area contributed by atoms with Gasteiger partial charge in [0.05, 0.1) is 25.7 Å². The van der Waals surface area contributed by atoms with E-state index in [1.807, 2.05) is 54.4 Å². The third-order valence-corrected chi connectivity index (χ3v) is 4.65. The van der Waals surface area contributed by atoms with Crippen molar-refractivity contribution in [3.8, 4) is 5.75 Å². The van der Waals surface area contributed by atoms with Crippen molar-refractivity contribution in [1.82, 2.24) is 9.88 Å². The van der Waals surface area contributed by atoms with Gasteiger partial charge in [0.25, 0.3) is 0 Å². The molecule has 1 amide bonds. The van der Waals surface area contributed by atoms with Crippen molar-refractivity contribution in [2.45, 2.75) is 19.4 Å². The van der Waals surface area contributed by atoms with Crippen LogP contribution in [0.5, 0.6) is 5.75 Å². The fourth-order valence-corrected chi connectivity index (χ4v) is 3.31. The minimum absolute atomic E-state index is 0.0580. The van der Waals surface area contributed by atoms with Crippen LogP contribution in [-0.2, 0) is 9.53 Å². The maximum atomic E-state index is 13.1. The summed E-state index contributed by atoms with van der Waals surface area (Å²) in [6.45, 7) is 3.81. The number of carbonyl (C=O) groups excluding carboxylic acids is 1. The summed E-state index contributed by atoms with van der Waals surface area (Å²) >= 11 is 0. The Morgan fingerprint density at radius 2 is 2.12 bits per heavy atom. The van der Waals surface area contributed by atoms with Crippen LogP contribution in [0.4, 0.5) is 0 Å². The van der Waals surface area contributed by atoms with Gasteiger partial charge in [-0.2, -0.15) is 0 Å². The second kappa shape index (κ2) is 8.12. The number of ether oxygens (including phenoxy) is 2. The van der Waals surface area contributed by atoms with Crippen molar-refractivity contribution in [1.29, 1.82) is 0 Å². The number of rotatable bonds is 6. The topological polar surface area (TPSA) is 51.7 Å². The number of methoxy groups -OCH3 is 1. The average Bonchev–Trinajstić information content (AvgIpc) is 3.21. The third-order valence-electron chi connectivity index (χ3n) is 4.65. The number of hydrogen-bond acceptors (Lipinski definition) is 4. The molecule has 0 bridgehead atoms. The number of amides is 1. The lowest BCUT2D eigenvalue weighted by molar-refractivity contribution is -0.137. The Kier molecular flexibility index (Phi) is 5.66. The Hall–Kier alpha value is -2.40. The van der Waals surface area contributed by atoms with E-state index in [-0.39, 0.29) is 17.9 Å². The lowest BCUT2D eigenvalue weighted by Crippen LogP contribution is -2.39. The highest BCUT2D eigenvalue weighted by atomic mass is 16.5. The monoisotopic (exact) mass is 340 g/mol. The molecule has 0 aliphatic carbocycles. The van der Waals surface area contributed by atoms with Gasteiger partial charge in [-0.25, -0.2) is 0 Å². The van der Waals surface area contributed by atoms with E-state index < -0.39 is 0 Å². The van der Waals surface area contributed by atoms with Crippen molar-refractivity contribution in [2.75, 3.05) is 26.9 Å². The summed E-state index contributed by atoms with van der Waals surface area (Å²) < 4.78 is 10.7. The first-order valence-corrected chi connectivity index (χ1v) is 8.66. The van der Waals surface area contributed by atoms with E-state index in [9.17, 15) is 4.79 Å². The predicted molar refractivity (Wildman–Crippen MR) is 95.4 cm³/mol. The molecule has 2 aromatic rings. The number of nitrogens with zero attached hydrogens (tertiary/aromatic N) is 2. The van der Waals surface area contributed by atoms with Gasteiger partial charge in [0, 0.05) is 25.5 Å². The molecule has 1 fully saturated rings. The van der Waals surface area contributed by atoms with Crippen LogP contribution in [0, 0.1) is 5.92 Å². The van der Waals surface area contributed by atoms with Crippen molar-refractivity contribution < 1.29 is 14.3 Å². The zero-order valence-corrected chi connectivity index (χ0v) is 14.7. The van der Waals surface area contributed by atoms with E-state index in [0.717, 1.165) is 23.3 Å². The zero-order chi connectivity index (χ0) is 17.6. The summed E-state index contributed by atoms with van der Waals surface area (Å²) in [6, 6.07) is 11.6. The van der Waals surface area contributed by atoms with Gasteiger partial charge >= 0.3 is 0 Å². The third kappa shape index (κ3) is 3.82. The number of carbonyl (C=O) groups is 1. The van der Waals surface area contributed by atoms with Gasteiger partial charge in [-0.05, 0) is 42.7 Å². The van der Waals surface area contributed by atoms with E-state index in [0.29, 0.717) is 19.8 Å². The molecule has 0 radical (unpaired) electrons. The molecule has 3 rings (SSSR count). The maximum Gasteiger partial charge on any atom is 0.228 e. The SMILES string of the molecule is CCN(C(=O)[C@H]1CCOC1)[C@H](c1ccc(OC)cc1)c1cccnc1. The van der Waals surface area contributed by atoms with E-state index in [4.69, 9.17) is 9.47 Å². The fraction of sp³-hybridized carbons (Fsp3) is 0.400. The van der Waals surface area contributed by atoms with Gasteiger partial charge in [0.1, 0.15) is 5.75 Å². The highest BCUT2D eigenvalue weighted by molar-refractivity contribution is 5.80. The molecule has 5 nitrogen and oxygen atoms in total. The van der Waals surface area contributed by atoms with Gasteiger partial charge in [-0.15, -0.1) is 0 Å². The number of aromatic nitrogens is 1. The molecule has 1 aliphatic heterocycles. The molecule has 25 heavy (non-hydrogen) atoms. The average molecular weight is 340 g/mol. The second-order valence-electron chi connectivity index (χ2n) is 6.15. The van der Waals surface area contributed by atoms with E-state index in [2.05, 4.69) is 4.98 Å². The molecule has 5 heteroatoms. The predicted octanol–water partition coefficient (Wildman–Crippen LogP) is 3.06. The minimum Gasteiger partial charge on any atom is -0.497 e. The Bertz CT molecular complexity index is 682. The summed E-state index contributed by atoms with van der Waals surface area (Å²) in [6.07, 6.45) is 4.37. The molecule has 132 valence electrons. The van der Waals surface area contributed by atoms with Crippen LogP contribution in [-0.4, -0.2) is 42.7 Å². The molecule has 0 spiro atoms. The summed E-state index contributed by atoms with van der Waals surface area (Å²) in [4.78, 5) is 19.3. The van der Waals surface area contributed by atoms with Crippen LogP contribution < -0.4 is 4.74 Å². The van der Waals surface area contributed by atoms with Crippen molar-refractivity contribution in [2.24, 2.45) is 5.92 Å². The molecular formula is C20H24N2O3. The van der Waals surface area contributed by atoms with Gasteiger partial charge < -0.3 is 14.4 Å². The fourth-order valence-electron chi connectivity index (χ4n) is 3.31. The molecular weight excluding hydrogens is 316 g/mol. The van der Waals surface area contributed by atoms with Gasteiger partial charge in [-0.1, -0.05) is 18.2 Å². The molecule has 2 heterocycles. The Morgan fingerprint density at radius 1 is 1.32 bits per heavy atom. The van der Waals surface area contributed by atoms with E-state index >= 15 is 0 Å². The van der Waals surface area contributed by atoms with E-state index in [1.165, 1.54) is 0 Å². The van der Waals surface area contributed by atoms with Crippen molar-refractivity contribution in [3.05, 3.63) is 59.9 Å². The molecule has 1 aliphatic rings. The molecule has 0 N–H and O–H groups in total. The van der Waals surface area contributed by atoms with Gasteiger partial charge in [0.2, 0.25) is 5.91 Å². The van der Waals surface area contributed by atoms with Crippen LogP contribution in [0.3, 0.4) is 0 Å². The largest absolute Gasteiger partial charge is 0.497 e. The minimum atomic E-state index is -0.169. The first-order valence-electron chi connectivity index (χ1n) is 8.66. The molecule has 1 saturated heterocycles. The smallest absolute Gasteiger partial charge is 0.228 e. The van der Waals surface area contributed by atoms with E-state index in [1.54, 1.807) is 13.3 Å². The van der Waals surface area contributed by atoms with Crippen LogP contribution in [0.25, 0.3) is 0 Å².